The van der Waals surface area contributed by atoms with Gasteiger partial charge in [-0.15, -0.1) is 0 Å². The van der Waals surface area contributed by atoms with Crippen LogP contribution in [0.4, 0.5) is 0 Å². The molecule has 1 saturated heterocycles. The summed E-state index contributed by atoms with van der Waals surface area (Å²) in [6.07, 6.45) is 6.40. The van der Waals surface area contributed by atoms with Gasteiger partial charge in [-0.3, -0.25) is 9.69 Å². The highest BCUT2D eigenvalue weighted by atomic mass is 16.3. The summed E-state index contributed by atoms with van der Waals surface area (Å²) in [6.45, 7) is 2.20. The number of aliphatic hydroxyl groups is 1. The van der Waals surface area contributed by atoms with Crippen molar-refractivity contribution in [1.82, 2.24) is 10.2 Å². The Kier molecular flexibility index (Phi) is 4.18. The van der Waals surface area contributed by atoms with Crippen LogP contribution < -0.4 is 5.32 Å². The van der Waals surface area contributed by atoms with Gasteiger partial charge in [0.15, 0.2) is 0 Å². The Morgan fingerprint density at radius 3 is 2.69 bits per heavy atom. The molecule has 16 heavy (non-hydrogen) atoms. The van der Waals surface area contributed by atoms with Gasteiger partial charge in [0.2, 0.25) is 5.91 Å². The van der Waals surface area contributed by atoms with Crippen molar-refractivity contribution in [2.45, 2.75) is 50.6 Å². The van der Waals surface area contributed by atoms with E-state index in [4.69, 9.17) is 5.11 Å². The van der Waals surface area contributed by atoms with E-state index in [0.717, 1.165) is 25.9 Å². The molecule has 1 aliphatic carbocycles. The molecule has 0 radical (unpaired) electrons. The molecule has 1 aliphatic heterocycles. The van der Waals surface area contributed by atoms with Gasteiger partial charge in [0.1, 0.15) is 0 Å². The van der Waals surface area contributed by atoms with Crippen LogP contribution in [0.5, 0.6) is 0 Å². The van der Waals surface area contributed by atoms with Crippen LogP contribution in [0.3, 0.4) is 0 Å². The molecule has 0 bridgehead atoms. The first-order valence-electron chi connectivity index (χ1n) is 6.44. The molecule has 0 aromatic heterocycles. The van der Waals surface area contributed by atoms with Gasteiger partial charge >= 0.3 is 0 Å². The third-order valence-corrected chi connectivity index (χ3v) is 3.73. The third-order valence-electron chi connectivity index (χ3n) is 3.73. The van der Waals surface area contributed by atoms with E-state index in [2.05, 4.69) is 10.2 Å². The standard InChI is InChI=1S/C12H22N2O2/c15-8-2-7-14(11-3-1-4-11)9-10-5-6-12(16)13-10/h10-11,15H,1-9H2,(H,13,16). The fourth-order valence-electron chi connectivity index (χ4n) is 2.55. The van der Waals surface area contributed by atoms with Gasteiger partial charge < -0.3 is 10.4 Å². The number of nitrogens with one attached hydrogen (secondary N) is 1. The first kappa shape index (κ1) is 11.9. The van der Waals surface area contributed by atoms with Crippen LogP contribution in [-0.2, 0) is 4.79 Å². The smallest absolute Gasteiger partial charge is 0.220 e. The molecule has 0 aromatic rings. The summed E-state index contributed by atoms with van der Waals surface area (Å²) in [7, 11) is 0. The van der Waals surface area contributed by atoms with Crippen molar-refractivity contribution in [2.75, 3.05) is 19.7 Å². The largest absolute Gasteiger partial charge is 0.396 e. The van der Waals surface area contributed by atoms with Crippen molar-refractivity contribution in [2.24, 2.45) is 0 Å². The minimum atomic E-state index is 0.195. The van der Waals surface area contributed by atoms with Gasteiger partial charge in [0.05, 0.1) is 0 Å². The Morgan fingerprint density at radius 2 is 2.19 bits per heavy atom. The lowest BCUT2D eigenvalue weighted by Crippen LogP contribution is -2.47. The molecule has 0 spiro atoms. The van der Waals surface area contributed by atoms with Crippen LogP contribution in [0.2, 0.25) is 0 Å². The summed E-state index contributed by atoms with van der Waals surface area (Å²) < 4.78 is 0. The Bertz CT molecular complexity index is 241. The lowest BCUT2D eigenvalue weighted by molar-refractivity contribution is -0.119. The van der Waals surface area contributed by atoms with Crippen molar-refractivity contribution in [3.05, 3.63) is 0 Å². The summed E-state index contributed by atoms with van der Waals surface area (Å²) in [5.74, 6) is 0.195. The van der Waals surface area contributed by atoms with Crippen LogP contribution in [0.15, 0.2) is 0 Å². The zero-order chi connectivity index (χ0) is 11.4. The van der Waals surface area contributed by atoms with E-state index in [1.807, 2.05) is 0 Å². The van der Waals surface area contributed by atoms with Gasteiger partial charge in [-0.05, 0) is 25.7 Å². The molecule has 1 saturated carbocycles. The quantitative estimate of drug-likeness (QED) is 0.693. The maximum absolute atomic E-state index is 11.1. The highest BCUT2D eigenvalue weighted by Crippen LogP contribution is 2.25. The molecule has 1 amide bonds. The van der Waals surface area contributed by atoms with Crippen molar-refractivity contribution >= 4 is 5.91 Å². The number of rotatable bonds is 6. The minimum absolute atomic E-state index is 0.195. The normalized spacial score (nSPS) is 25.9. The van der Waals surface area contributed by atoms with Crippen molar-refractivity contribution in [1.29, 1.82) is 0 Å². The molecule has 2 N–H and O–H groups in total. The monoisotopic (exact) mass is 226 g/mol. The van der Waals surface area contributed by atoms with Crippen LogP contribution >= 0.6 is 0 Å². The van der Waals surface area contributed by atoms with E-state index >= 15 is 0 Å². The summed E-state index contributed by atoms with van der Waals surface area (Å²) in [6, 6.07) is 1.04. The summed E-state index contributed by atoms with van der Waals surface area (Å²) in [4.78, 5) is 13.6. The molecule has 92 valence electrons. The molecular formula is C12H22N2O2. The number of nitrogens with zero attached hydrogens (tertiary/aromatic N) is 1. The second-order valence-electron chi connectivity index (χ2n) is 4.96. The number of hydrogen-bond donors (Lipinski definition) is 2. The second-order valence-corrected chi connectivity index (χ2v) is 4.96. The Morgan fingerprint density at radius 1 is 1.38 bits per heavy atom. The van der Waals surface area contributed by atoms with E-state index in [-0.39, 0.29) is 12.5 Å². The van der Waals surface area contributed by atoms with Crippen LogP contribution in [0, 0.1) is 0 Å². The maximum atomic E-state index is 11.1. The molecule has 1 unspecified atom stereocenters. The van der Waals surface area contributed by atoms with Crippen molar-refractivity contribution < 1.29 is 9.90 Å². The number of carbonyl (C=O) groups is 1. The first-order valence-corrected chi connectivity index (χ1v) is 6.44. The molecule has 4 heteroatoms. The number of hydrogen-bond acceptors (Lipinski definition) is 3. The van der Waals surface area contributed by atoms with E-state index in [9.17, 15) is 4.79 Å². The van der Waals surface area contributed by atoms with Crippen LogP contribution in [0.1, 0.15) is 38.5 Å². The highest BCUT2D eigenvalue weighted by molar-refractivity contribution is 5.78. The second kappa shape index (κ2) is 5.64. The van der Waals surface area contributed by atoms with Crippen LogP contribution in [0.25, 0.3) is 0 Å². The zero-order valence-corrected chi connectivity index (χ0v) is 9.82. The SMILES string of the molecule is O=C1CCC(CN(CCCO)C2CCC2)N1. The maximum Gasteiger partial charge on any atom is 0.220 e. The molecule has 2 aliphatic rings. The molecular weight excluding hydrogens is 204 g/mol. The fourth-order valence-corrected chi connectivity index (χ4v) is 2.55. The van der Waals surface area contributed by atoms with Gasteiger partial charge in [0.25, 0.3) is 0 Å². The molecule has 0 aromatic carbocycles. The first-order chi connectivity index (χ1) is 7.79. The van der Waals surface area contributed by atoms with E-state index in [1.54, 1.807) is 0 Å². The zero-order valence-electron chi connectivity index (χ0n) is 9.82. The van der Waals surface area contributed by atoms with E-state index < -0.39 is 0 Å². The number of amides is 1. The third kappa shape index (κ3) is 2.95. The van der Waals surface area contributed by atoms with E-state index in [0.29, 0.717) is 18.5 Å². The van der Waals surface area contributed by atoms with Crippen LogP contribution in [-0.4, -0.2) is 47.7 Å². The Labute approximate surface area is 97.0 Å². The average molecular weight is 226 g/mol. The molecule has 1 heterocycles. The lowest BCUT2D eigenvalue weighted by atomic mass is 9.91. The summed E-state index contributed by atoms with van der Waals surface area (Å²) in [5, 5.41) is 11.9. The fraction of sp³-hybridized carbons (Fsp3) is 0.917. The molecule has 2 rings (SSSR count). The highest BCUT2D eigenvalue weighted by Gasteiger charge is 2.29. The predicted molar refractivity (Wildman–Crippen MR) is 62.1 cm³/mol. The predicted octanol–water partition coefficient (Wildman–Crippen LogP) is 0.502. The minimum Gasteiger partial charge on any atom is -0.396 e. The van der Waals surface area contributed by atoms with Crippen molar-refractivity contribution in [3.8, 4) is 0 Å². The summed E-state index contributed by atoms with van der Waals surface area (Å²) >= 11 is 0. The van der Waals surface area contributed by atoms with Gasteiger partial charge in [0, 0.05) is 38.2 Å². The van der Waals surface area contributed by atoms with Crippen molar-refractivity contribution in [3.63, 3.8) is 0 Å². The van der Waals surface area contributed by atoms with Gasteiger partial charge in [-0.25, -0.2) is 0 Å². The Hall–Kier alpha value is -0.610. The van der Waals surface area contributed by atoms with Gasteiger partial charge in [-0.2, -0.15) is 0 Å². The van der Waals surface area contributed by atoms with E-state index in [1.165, 1.54) is 19.3 Å². The molecule has 4 nitrogen and oxygen atoms in total. The summed E-state index contributed by atoms with van der Waals surface area (Å²) in [5.41, 5.74) is 0. The number of carbonyl (C=O) groups excluding carboxylic acids is 1. The topological polar surface area (TPSA) is 52.6 Å². The number of aliphatic hydroxyl groups excluding tert-OH is 1. The molecule has 2 fully saturated rings. The lowest BCUT2D eigenvalue weighted by Gasteiger charge is -2.38. The average Bonchev–Trinajstić information content (AvgIpc) is 2.58. The van der Waals surface area contributed by atoms with Gasteiger partial charge in [-0.1, -0.05) is 6.42 Å². The molecule has 1 atom stereocenters. The Balaban J connectivity index is 1.78.